The molecule has 4 aliphatic rings. The minimum absolute atomic E-state index is 0.0973. The van der Waals surface area contributed by atoms with Crippen LogP contribution in [0.3, 0.4) is 0 Å². The number of hydrogen-bond acceptors (Lipinski definition) is 3. The fourth-order valence-corrected chi connectivity index (χ4v) is 6.40. The number of aliphatic hydroxyl groups is 1. The number of nitrogens with zero attached hydrogens (tertiary/aromatic N) is 1. The number of aryl methyl sites for hydroxylation is 1. The van der Waals surface area contributed by atoms with Gasteiger partial charge in [0.25, 0.3) is 5.91 Å². The summed E-state index contributed by atoms with van der Waals surface area (Å²) >= 11 is 6.40. The molecule has 29 heavy (non-hydrogen) atoms. The maximum absolute atomic E-state index is 13.0. The van der Waals surface area contributed by atoms with Crippen LogP contribution in [0.5, 0.6) is 0 Å². The van der Waals surface area contributed by atoms with Gasteiger partial charge < -0.3 is 15.0 Å². The van der Waals surface area contributed by atoms with Gasteiger partial charge in [0.05, 0.1) is 21.9 Å². The molecule has 4 fully saturated rings. The van der Waals surface area contributed by atoms with Crippen molar-refractivity contribution in [3.8, 4) is 0 Å². The van der Waals surface area contributed by atoms with E-state index >= 15 is 0 Å². The van der Waals surface area contributed by atoms with Gasteiger partial charge in [0.1, 0.15) is 0 Å². The van der Waals surface area contributed by atoms with E-state index in [2.05, 4.69) is 5.32 Å². The average molecular weight is 413 g/mol. The first-order valence-corrected chi connectivity index (χ1v) is 10.7. The Hall–Kier alpha value is -2.11. The lowest BCUT2D eigenvalue weighted by Crippen LogP contribution is -2.61. The quantitative estimate of drug-likeness (QED) is 0.754. The second-order valence-electron chi connectivity index (χ2n) is 9.22. The van der Waals surface area contributed by atoms with E-state index in [1.165, 1.54) is 0 Å². The Balaban J connectivity index is 1.33. The molecule has 0 radical (unpaired) electrons. The van der Waals surface area contributed by atoms with Crippen molar-refractivity contribution in [2.45, 2.75) is 43.7 Å². The highest BCUT2D eigenvalue weighted by molar-refractivity contribution is 6.34. The molecule has 2 aromatic rings. The SMILES string of the molecule is Cn1cccc1C(=O)c1ccc(C(=O)NC2C3CC4CC2CC(O)(C4)C3)c(Cl)c1. The van der Waals surface area contributed by atoms with E-state index in [1.54, 1.807) is 28.8 Å². The van der Waals surface area contributed by atoms with Gasteiger partial charge in [-0.05, 0) is 74.1 Å². The van der Waals surface area contributed by atoms with Crippen molar-refractivity contribution in [2.75, 3.05) is 0 Å². The summed E-state index contributed by atoms with van der Waals surface area (Å²) in [5, 5.41) is 14.2. The van der Waals surface area contributed by atoms with Crippen LogP contribution in [0.15, 0.2) is 36.5 Å². The lowest BCUT2D eigenvalue weighted by molar-refractivity contribution is -0.136. The van der Waals surface area contributed by atoms with Crippen LogP contribution in [0, 0.1) is 17.8 Å². The minimum atomic E-state index is -0.520. The molecule has 1 amide bonds. The molecule has 1 aromatic carbocycles. The van der Waals surface area contributed by atoms with Gasteiger partial charge in [-0.25, -0.2) is 0 Å². The van der Waals surface area contributed by atoms with E-state index in [9.17, 15) is 14.7 Å². The van der Waals surface area contributed by atoms with Gasteiger partial charge in [0, 0.05) is 24.8 Å². The Labute approximate surface area is 175 Å². The number of carbonyl (C=O) groups excluding carboxylic acids is 2. The van der Waals surface area contributed by atoms with E-state index in [0.29, 0.717) is 34.6 Å². The summed E-state index contributed by atoms with van der Waals surface area (Å²) in [5.41, 5.74) is 0.909. The topological polar surface area (TPSA) is 71.3 Å². The standard InChI is InChI=1S/C23H25ClN2O3/c1-26-6-2-3-19(26)21(27)14-4-5-17(18(24)9-14)22(28)25-20-15-7-13-8-16(20)12-23(29,10-13)11-15/h2-6,9,13,15-16,20,29H,7-8,10-12H2,1H3,(H,25,28). The zero-order chi connectivity index (χ0) is 20.3. The van der Waals surface area contributed by atoms with Crippen molar-refractivity contribution in [1.29, 1.82) is 0 Å². The van der Waals surface area contributed by atoms with Crippen molar-refractivity contribution in [1.82, 2.24) is 9.88 Å². The second kappa shape index (κ2) is 6.71. The summed E-state index contributed by atoms with van der Waals surface area (Å²) < 4.78 is 1.76. The van der Waals surface area contributed by atoms with Gasteiger partial charge in [-0.15, -0.1) is 0 Å². The number of nitrogens with one attached hydrogen (secondary N) is 1. The van der Waals surface area contributed by atoms with Crippen molar-refractivity contribution >= 4 is 23.3 Å². The summed E-state index contributed by atoms with van der Waals surface area (Å²) in [5.74, 6) is 0.953. The first kappa shape index (κ1) is 18.9. The maximum Gasteiger partial charge on any atom is 0.253 e. The molecule has 6 rings (SSSR count). The molecule has 0 aliphatic heterocycles. The lowest BCUT2D eigenvalue weighted by atomic mass is 9.52. The molecule has 2 unspecified atom stereocenters. The molecule has 6 heteroatoms. The van der Waals surface area contributed by atoms with E-state index in [1.807, 2.05) is 19.3 Å². The van der Waals surface area contributed by atoms with Crippen LogP contribution in [0.1, 0.15) is 58.5 Å². The van der Waals surface area contributed by atoms with E-state index in [-0.39, 0.29) is 22.8 Å². The number of benzene rings is 1. The van der Waals surface area contributed by atoms with Crippen molar-refractivity contribution in [3.05, 3.63) is 58.4 Å². The average Bonchev–Trinajstić information content (AvgIpc) is 3.08. The predicted octanol–water partition coefficient (Wildman–Crippen LogP) is 3.58. The molecule has 4 aliphatic carbocycles. The third-order valence-corrected chi connectivity index (χ3v) is 7.50. The molecule has 1 heterocycles. The Bertz CT molecular complexity index is 982. The van der Waals surface area contributed by atoms with E-state index in [4.69, 9.17) is 11.6 Å². The van der Waals surface area contributed by atoms with Gasteiger partial charge in [0.15, 0.2) is 0 Å². The van der Waals surface area contributed by atoms with Crippen LogP contribution < -0.4 is 5.32 Å². The molecule has 2 N–H and O–H groups in total. The van der Waals surface area contributed by atoms with Gasteiger partial charge in [-0.3, -0.25) is 9.59 Å². The Morgan fingerprint density at radius 2 is 1.90 bits per heavy atom. The number of amides is 1. The summed E-state index contributed by atoms with van der Waals surface area (Å²) in [6.07, 6.45) is 6.47. The van der Waals surface area contributed by atoms with Crippen LogP contribution in [0.25, 0.3) is 0 Å². The Kier molecular flexibility index (Phi) is 4.37. The van der Waals surface area contributed by atoms with Crippen LogP contribution in [0.2, 0.25) is 5.02 Å². The molecule has 152 valence electrons. The summed E-state index contributed by atoms with van der Waals surface area (Å²) in [4.78, 5) is 25.6. The minimum Gasteiger partial charge on any atom is -0.390 e. The fraction of sp³-hybridized carbons (Fsp3) is 0.478. The van der Waals surface area contributed by atoms with Crippen molar-refractivity contribution in [2.24, 2.45) is 24.8 Å². The van der Waals surface area contributed by atoms with Gasteiger partial charge in [0.2, 0.25) is 5.78 Å². The lowest BCUT2D eigenvalue weighted by Gasteiger charge is -2.58. The van der Waals surface area contributed by atoms with E-state index < -0.39 is 5.60 Å². The Morgan fingerprint density at radius 1 is 1.17 bits per heavy atom. The maximum atomic E-state index is 13.0. The first-order valence-electron chi connectivity index (χ1n) is 10.3. The largest absolute Gasteiger partial charge is 0.390 e. The van der Waals surface area contributed by atoms with Crippen LogP contribution >= 0.6 is 11.6 Å². The molecule has 1 aromatic heterocycles. The van der Waals surface area contributed by atoms with Crippen LogP contribution in [-0.2, 0) is 7.05 Å². The van der Waals surface area contributed by atoms with Crippen molar-refractivity contribution in [3.63, 3.8) is 0 Å². The zero-order valence-corrected chi connectivity index (χ0v) is 17.2. The van der Waals surface area contributed by atoms with Crippen molar-refractivity contribution < 1.29 is 14.7 Å². The Morgan fingerprint density at radius 3 is 2.48 bits per heavy atom. The zero-order valence-electron chi connectivity index (χ0n) is 16.4. The molecule has 4 bridgehead atoms. The fourth-order valence-electron chi connectivity index (χ4n) is 6.13. The van der Waals surface area contributed by atoms with Gasteiger partial charge in [-0.2, -0.15) is 0 Å². The molecule has 2 atom stereocenters. The molecule has 0 saturated heterocycles. The molecular formula is C23H25ClN2O3. The predicted molar refractivity (Wildman–Crippen MR) is 110 cm³/mol. The third-order valence-electron chi connectivity index (χ3n) is 7.19. The smallest absolute Gasteiger partial charge is 0.253 e. The summed E-state index contributed by atoms with van der Waals surface area (Å²) in [7, 11) is 1.82. The third kappa shape index (κ3) is 3.21. The molecular weight excluding hydrogens is 388 g/mol. The normalized spacial score (nSPS) is 32.4. The number of rotatable bonds is 4. The summed E-state index contributed by atoms with van der Waals surface area (Å²) in [6.45, 7) is 0. The number of halogens is 1. The van der Waals surface area contributed by atoms with E-state index in [0.717, 1.165) is 32.1 Å². The highest BCUT2D eigenvalue weighted by Gasteiger charge is 2.55. The molecule has 4 saturated carbocycles. The highest BCUT2D eigenvalue weighted by Crippen LogP contribution is 2.55. The second-order valence-corrected chi connectivity index (χ2v) is 9.63. The molecule has 0 spiro atoms. The summed E-state index contributed by atoms with van der Waals surface area (Å²) in [6, 6.07) is 8.55. The van der Waals surface area contributed by atoms with Crippen LogP contribution in [-0.4, -0.2) is 33.0 Å². The highest BCUT2D eigenvalue weighted by atomic mass is 35.5. The van der Waals surface area contributed by atoms with Gasteiger partial charge >= 0.3 is 0 Å². The number of carbonyl (C=O) groups is 2. The number of hydrogen-bond donors (Lipinski definition) is 2. The number of ketones is 1. The van der Waals surface area contributed by atoms with Crippen LogP contribution in [0.4, 0.5) is 0 Å². The van der Waals surface area contributed by atoms with Gasteiger partial charge in [-0.1, -0.05) is 17.7 Å². The first-order chi connectivity index (χ1) is 13.8. The number of aromatic nitrogens is 1. The molecule has 5 nitrogen and oxygen atoms in total. The monoisotopic (exact) mass is 412 g/mol.